The number of nitro groups is 1. The van der Waals surface area contributed by atoms with Gasteiger partial charge in [0.1, 0.15) is 0 Å². The number of aryl methyl sites for hydroxylation is 1. The molecule has 1 rings (SSSR count). The normalized spacial score (nSPS) is 14.5. The number of nitrogens with two attached hydrogens (primary N) is 1. The van der Waals surface area contributed by atoms with E-state index in [0.29, 0.717) is 12.1 Å². The Kier molecular flexibility index (Phi) is 3.62. The predicted octanol–water partition coefficient (Wildman–Crippen LogP) is 1.11. The number of nitrogens with zero attached hydrogens (tertiary/aromatic N) is 1. The van der Waals surface area contributed by atoms with E-state index >= 15 is 0 Å². The molecule has 0 heterocycles. The molecular formula is C11H16N2O3. The molecule has 0 aromatic heterocycles. The fourth-order valence-electron chi connectivity index (χ4n) is 1.51. The van der Waals surface area contributed by atoms with Gasteiger partial charge in [-0.05, 0) is 18.6 Å². The first-order valence-electron chi connectivity index (χ1n) is 5.01. The number of hydrogen-bond acceptors (Lipinski definition) is 4. The predicted molar refractivity (Wildman–Crippen MR) is 61.3 cm³/mol. The second-order valence-corrected chi connectivity index (χ2v) is 4.18. The van der Waals surface area contributed by atoms with Crippen LogP contribution in [0, 0.1) is 17.0 Å². The fraction of sp³-hybridized carbons (Fsp3) is 0.455. The van der Waals surface area contributed by atoms with Crippen LogP contribution in [0.25, 0.3) is 0 Å². The lowest BCUT2D eigenvalue weighted by molar-refractivity contribution is -0.385. The van der Waals surface area contributed by atoms with Crippen molar-refractivity contribution in [3.05, 3.63) is 39.4 Å². The Bertz CT molecular complexity index is 400. The first-order chi connectivity index (χ1) is 7.44. The van der Waals surface area contributed by atoms with Crippen LogP contribution in [-0.2, 0) is 5.41 Å². The van der Waals surface area contributed by atoms with Crippen molar-refractivity contribution in [1.82, 2.24) is 0 Å². The lowest BCUT2D eigenvalue weighted by atomic mass is 9.82. The number of rotatable bonds is 4. The van der Waals surface area contributed by atoms with Crippen LogP contribution in [0.4, 0.5) is 5.69 Å². The molecule has 1 unspecified atom stereocenters. The highest BCUT2D eigenvalue weighted by Crippen LogP contribution is 2.27. The van der Waals surface area contributed by atoms with E-state index in [2.05, 4.69) is 0 Å². The lowest BCUT2D eigenvalue weighted by Gasteiger charge is -2.26. The molecule has 16 heavy (non-hydrogen) atoms. The molecular weight excluding hydrogens is 208 g/mol. The molecule has 0 saturated heterocycles. The standard InChI is InChI=1S/C11H16N2O3/c1-8-5-9(11(2,6-12)7-14)3-4-10(8)13(15)16/h3-5,14H,6-7,12H2,1-2H3. The molecule has 3 N–H and O–H groups in total. The maximum atomic E-state index is 10.7. The van der Waals surface area contributed by atoms with Crippen LogP contribution >= 0.6 is 0 Å². The second kappa shape index (κ2) is 4.59. The molecule has 1 aromatic carbocycles. The summed E-state index contributed by atoms with van der Waals surface area (Å²) >= 11 is 0. The highest BCUT2D eigenvalue weighted by molar-refractivity contribution is 5.44. The monoisotopic (exact) mass is 224 g/mol. The molecule has 0 radical (unpaired) electrons. The average molecular weight is 224 g/mol. The van der Waals surface area contributed by atoms with Crippen LogP contribution in [0.3, 0.4) is 0 Å². The van der Waals surface area contributed by atoms with Crippen LogP contribution in [0.5, 0.6) is 0 Å². The Morgan fingerprint density at radius 2 is 2.19 bits per heavy atom. The maximum absolute atomic E-state index is 10.7. The molecule has 0 amide bonds. The molecule has 1 atom stereocenters. The van der Waals surface area contributed by atoms with Crippen molar-refractivity contribution in [3.8, 4) is 0 Å². The van der Waals surface area contributed by atoms with Crippen molar-refractivity contribution in [2.24, 2.45) is 5.73 Å². The van der Waals surface area contributed by atoms with Gasteiger partial charge in [0.2, 0.25) is 0 Å². The van der Waals surface area contributed by atoms with Crippen LogP contribution in [0.2, 0.25) is 0 Å². The number of benzene rings is 1. The zero-order chi connectivity index (χ0) is 12.3. The van der Waals surface area contributed by atoms with Crippen molar-refractivity contribution >= 4 is 5.69 Å². The minimum atomic E-state index is -0.542. The number of aliphatic hydroxyl groups is 1. The second-order valence-electron chi connectivity index (χ2n) is 4.18. The van der Waals surface area contributed by atoms with Gasteiger partial charge in [-0.15, -0.1) is 0 Å². The molecule has 0 aliphatic heterocycles. The summed E-state index contributed by atoms with van der Waals surface area (Å²) in [6, 6.07) is 4.81. The Labute approximate surface area is 94.0 Å². The van der Waals surface area contributed by atoms with Crippen LogP contribution in [0.1, 0.15) is 18.1 Å². The smallest absolute Gasteiger partial charge is 0.272 e. The molecule has 0 fully saturated rings. The number of hydrogen-bond donors (Lipinski definition) is 2. The third-order valence-electron chi connectivity index (χ3n) is 2.89. The van der Waals surface area contributed by atoms with Crippen LogP contribution < -0.4 is 5.73 Å². The highest BCUT2D eigenvalue weighted by atomic mass is 16.6. The van der Waals surface area contributed by atoms with Crippen molar-refractivity contribution in [3.63, 3.8) is 0 Å². The third kappa shape index (κ3) is 2.20. The van der Waals surface area contributed by atoms with E-state index in [9.17, 15) is 15.2 Å². The van der Waals surface area contributed by atoms with Gasteiger partial charge in [-0.2, -0.15) is 0 Å². The van der Waals surface area contributed by atoms with E-state index in [1.807, 2.05) is 6.92 Å². The first-order valence-corrected chi connectivity index (χ1v) is 5.01. The van der Waals surface area contributed by atoms with E-state index < -0.39 is 10.3 Å². The average Bonchev–Trinajstić information content (AvgIpc) is 2.27. The SMILES string of the molecule is Cc1cc(C(C)(CN)CO)ccc1[N+](=O)[O-]. The molecule has 0 spiro atoms. The zero-order valence-electron chi connectivity index (χ0n) is 9.43. The summed E-state index contributed by atoms with van der Waals surface area (Å²) < 4.78 is 0. The van der Waals surface area contributed by atoms with E-state index in [1.54, 1.807) is 19.1 Å². The van der Waals surface area contributed by atoms with Gasteiger partial charge in [0.25, 0.3) is 5.69 Å². The minimum absolute atomic E-state index is 0.0826. The van der Waals surface area contributed by atoms with Gasteiger partial charge in [-0.1, -0.05) is 13.0 Å². The molecule has 0 bridgehead atoms. The summed E-state index contributed by atoms with van der Waals surface area (Å²) in [6.07, 6.45) is 0. The van der Waals surface area contributed by atoms with E-state index in [4.69, 9.17) is 5.73 Å². The van der Waals surface area contributed by atoms with Crippen molar-refractivity contribution in [1.29, 1.82) is 0 Å². The Morgan fingerprint density at radius 3 is 2.56 bits per heavy atom. The van der Waals surface area contributed by atoms with Gasteiger partial charge in [0, 0.05) is 23.6 Å². The lowest BCUT2D eigenvalue weighted by Crippen LogP contribution is -2.35. The van der Waals surface area contributed by atoms with Crippen molar-refractivity contribution in [2.75, 3.05) is 13.2 Å². The number of aliphatic hydroxyl groups excluding tert-OH is 1. The van der Waals surface area contributed by atoms with E-state index in [1.165, 1.54) is 6.07 Å². The van der Waals surface area contributed by atoms with Gasteiger partial charge in [-0.25, -0.2) is 0 Å². The van der Waals surface area contributed by atoms with Gasteiger partial charge in [-0.3, -0.25) is 10.1 Å². The van der Waals surface area contributed by atoms with Crippen molar-refractivity contribution < 1.29 is 10.0 Å². The molecule has 0 aliphatic rings. The topological polar surface area (TPSA) is 89.4 Å². The summed E-state index contributed by atoms with van der Waals surface area (Å²) in [7, 11) is 0. The maximum Gasteiger partial charge on any atom is 0.272 e. The quantitative estimate of drug-likeness (QED) is 0.592. The van der Waals surface area contributed by atoms with Crippen LogP contribution in [0.15, 0.2) is 18.2 Å². The fourth-order valence-corrected chi connectivity index (χ4v) is 1.51. The summed E-state index contributed by atoms with van der Waals surface area (Å²) in [6.45, 7) is 3.71. The van der Waals surface area contributed by atoms with E-state index in [0.717, 1.165) is 5.56 Å². The van der Waals surface area contributed by atoms with Gasteiger partial charge in [0.15, 0.2) is 0 Å². The van der Waals surface area contributed by atoms with Crippen LogP contribution in [-0.4, -0.2) is 23.2 Å². The van der Waals surface area contributed by atoms with E-state index in [-0.39, 0.29) is 12.3 Å². The molecule has 1 aromatic rings. The Balaban J connectivity index is 3.19. The third-order valence-corrected chi connectivity index (χ3v) is 2.89. The summed E-state index contributed by atoms with van der Waals surface area (Å²) in [5, 5.41) is 19.9. The summed E-state index contributed by atoms with van der Waals surface area (Å²) in [5.41, 5.74) is 6.55. The Morgan fingerprint density at radius 1 is 1.56 bits per heavy atom. The van der Waals surface area contributed by atoms with Gasteiger partial charge >= 0.3 is 0 Å². The summed E-state index contributed by atoms with van der Waals surface area (Å²) in [5.74, 6) is 0. The van der Waals surface area contributed by atoms with Gasteiger partial charge < -0.3 is 10.8 Å². The first kappa shape index (κ1) is 12.6. The largest absolute Gasteiger partial charge is 0.395 e. The molecule has 0 saturated carbocycles. The molecule has 0 aliphatic carbocycles. The van der Waals surface area contributed by atoms with Gasteiger partial charge in [0.05, 0.1) is 11.5 Å². The Hall–Kier alpha value is -1.46. The molecule has 5 heteroatoms. The molecule has 5 nitrogen and oxygen atoms in total. The van der Waals surface area contributed by atoms with Crippen molar-refractivity contribution in [2.45, 2.75) is 19.3 Å². The summed E-state index contributed by atoms with van der Waals surface area (Å²) in [4.78, 5) is 10.2. The highest BCUT2D eigenvalue weighted by Gasteiger charge is 2.25. The number of nitro benzene ring substituents is 1. The minimum Gasteiger partial charge on any atom is -0.395 e. The zero-order valence-corrected chi connectivity index (χ0v) is 9.43. The molecule has 88 valence electrons.